The average molecular weight is 183 g/mol. The van der Waals surface area contributed by atoms with Crippen LogP contribution in [0.25, 0.3) is 0 Å². The van der Waals surface area contributed by atoms with Gasteiger partial charge in [0, 0.05) is 11.9 Å². The Kier molecular flexibility index (Phi) is 3.33. The lowest BCUT2D eigenvalue weighted by Crippen LogP contribution is -2.36. The molecule has 0 aliphatic carbocycles. The van der Waals surface area contributed by atoms with Gasteiger partial charge in [-0.2, -0.15) is 0 Å². The summed E-state index contributed by atoms with van der Waals surface area (Å²) in [7, 11) is 1.39. The molecule has 5 nitrogen and oxygen atoms in total. The van der Waals surface area contributed by atoms with Gasteiger partial charge in [-0.3, -0.25) is 4.84 Å². The summed E-state index contributed by atoms with van der Waals surface area (Å²) in [6.07, 6.45) is 1.81. The van der Waals surface area contributed by atoms with Crippen molar-refractivity contribution in [1.29, 1.82) is 0 Å². The molecule has 0 aliphatic heterocycles. The lowest BCUT2D eigenvalue weighted by atomic mass is 10.2. The maximum absolute atomic E-state index is 11.0. The highest BCUT2D eigenvalue weighted by atomic mass is 16.6. The first-order valence-corrected chi connectivity index (χ1v) is 3.97. The molecular formula is C8H13N3O2. The minimum atomic E-state index is -0.357. The van der Waals surface area contributed by atoms with Crippen molar-refractivity contribution in [2.75, 3.05) is 7.11 Å². The van der Waals surface area contributed by atoms with Crippen molar-refractivity contribution in [2.24, 2.45) is 0 Å². The van der Waals surface area contributed by atoms with Gasteiger partial charge in [-0.15, -0.1) is 0 Å². The lowest BCUT2D eigenvalue weighted by molar-refractivity contribution is 0.106. The fourth-order valence-corrected chi connectivity index (χ4v) is 1.01. The van der Waals surface area contributed by atoms with Gasteiger partial charge in [0.05, 0.1) is 13.2 Å². The van der Waals surface area contributed by atoms with Crippen LogP contribution in [0.3, 0.4) is 0 Å². The monoisotopic (exact) mass is 183 g/mol. The molecule has 0 aromatic carbocycles. The molecule has 0 radical (unpaired) electrons. The van der Waals surface area contributed by atoms with E-state index in [9.17, 15) is 4.79 Å². The molecule has 1 aromatic rings. The minimum absolute atomic E-state index is 0.0647. The van der Waals surface area contributed by atoms with Gasteiger partial charge in [0.15, 0.2) is 0 Å². The summed E-state index contributed by atoms with van der Waals surface area (Å²) in [5.41, 5.74) is 3.12. The van der Waals surface area contributed by atoms with Crippen LogP contribution >= 0.6 is 0 Å². The van der Waals surface area contributed by atoms with Gasteiger partial charge < -0.3 is 10.3 Å². The van der Waals surface area contributed by atoms with Crippen molar-refractivity contribution in [2.45, 2.75) is 13.0 Å². The van der Waals surface area contributed by atoms with Crippen LogP contribution in [0.2, 0.25) is 0 Å². The second-order valence-corrected chi connectivity index (χ2v) is 2.63. The number of urea groups is 1. The number of rotatable bonds is 3. The Bertz CT molecular complexity index is 258. The van der Waals surface area contributed by atoms with Gasteiger partial charge in [0.1, 0.15) is 0 Å². The van der Waals surface area contributed by atoms with Gasteiger partial charge in [-0.1, -0.05) is 0 Å². The fourth-order valence-electron chi connectivity index (χ4n) is 1.01. The van der Waals surface area contributed by atoms with Crippen LogP contribution in [0.4, 0.5) is 4.79 Å². The van der Waals surface area contributed by atoms with Crippen molar-refractivity contribution < 1.29 is 9.63 Å². The van der Waals surface area contributed by atoms with Crippen LogP contribution in [-0.4, -0.2) is 18.1 Å². The molecule has 1 heterocycles. The molecule has 1 rings (SSSR count). The first-order valence-electron chi connectivity index (χ1n) is 3.97. The molecule has 0 bridgehead atoms. The summed E-state index contributed by atoms with van der Waals surface area (Å²) in [4.78, 5) is 18.4. The summed E-state index contributed by atoms with van der Waals surface area (Å²) in [5.74, 6) is 0. The van der Waals surface area contributed by atoms with Crippen molar-refractivity contribution in [3.8, 4) is 0 Å². The topological polar surface area (TPSA) is 66.2 Å². The van der Waals surface area contributed by atoms with Crippen molar-refractivity contribution in [3.63, 3.8) is 0 Å². The molecule has 1 unspecified atom stereocenters. The molecule has 0 fully saturated rings. The van der Waals surface area contributed by atoms with Crippen LogP contribution in [0, 0.1) is 0 Å². The van der Waals surface area contributed by atoms with E-state index < -0.39 is 0 Å². The molecule has 3 N–H and O–H groups in total. The Morgan fingerprint density at radius 1 is 1.69 bits per heavy atom. The number of hydrogen-bond acceptors (Lipinski definition) is 2. The summed E-state index contributed by atoms with van der Waals surface area (Å²) < 4.78 is 0. The van der Waals surface area contributed by atoms with Gasteiger partial charge in [0.25, 0.3) is 0 Å². The number of aromatic nitrogens is 1. The standard InChI is InChI=1S/C8H13N3O2/c1-6(7-4-3-5-9-7)10-8(12)11-13-2/h3-6,9H,1-2H3,(H2,10,11,12). The second-order valence-electron chi connectivity index (χ2n) is 2.63. The van der Waals surface area contributed by atoms with Crippen molar-refractivity contribution >= 4 is 6.03 Å². The largest absolute Gasteiger partial charge is 0.363 e. The molecular weight excluding hydrogens is 170 g/mol. The van der Waals surface area contributed by atoms with Gasteiger partial charge >= 0.3 is 6.03 Å². The number of carbonyl (C=O) groups excluding carboxylic acids is 1. The van der Waals surface area contributed by atoms with E-state index in [1.807, 2.05) is 25.3 Å². The fraction of sp³-hybridized carbons (Fsp3) is 0.375. The Morgan fingerprint density at radius 2 is 2.46 bits per heavy atom. The maximum atomic E-state index is 11.0. The zero-order valence-corrected chi connectivity index (χ0v) is 7.63. The van der Waals surface area contributed by atoms with Crippen molar-refractivity contribution in [1.82, 2.24) is 15.8 Å². The van der Waals surface area contributed by atoms with E-state index in [4.69, 9.17) is 0 Å². The molecule has 2 amide bonds. The van der Waals surface area contributed by atoms with Gasteiger partial charge in [-0.05, 0) is 19.1 Å². The van der Waals surface area contributed by atoms with E-state index in [0.717, 1.165) is 5.69 Å². The summed E-state index contributed by atoms with van der Waals surface area (Å²) >= 11 is 0. The number of aromatic amines is 1. The molecule has 0 spiro atoms. The number of hydroxylamine groups is 1. The van der Waals surface area contributed by atoms with Crippen LogP contribution < -0.4 is 10.8 Å². The predicted molar refractivity (Wildman–Crippen MR) is 47.9 cm³/mol. The zero-order valence-electron chi connectivity index (χ0n) is 7.63. The Hall–Kier alpha value is -1.49. The number of hydrogen-bond donors (Lipinski definition) is 3. The Morgan fingerprint density at radius 3 is 3.00 bits per heavy atom. The average Bonchev–Trinajstić information content (AvgIpc) is 2.55. The van der Waals surface area contributed by atoms with Crippen LogP contribution in [0.1, 0.15) is 18.7 Å². The molecule has 0 aliphatic rings. The van der Waals surface area contributed by atoms with Crippen molar-refractivity contribution in [3.05, 3.63) is 24.0 Å². The van der Waals surface area contributed by atoms with E-state index in [0.29, 0.717) is 0 Å². The van der Waals surface area contributed by atoms with E-state index >= 15 is 0 Å². The Balaban J connectivity index is 2.42. The van der Waals surface area contributed by atoms with Gasteiger partial charge in [0.2, 0.25) is 0 Å². The second kappa shape index (κ2) is 4.51. The SMILES string of the molecule is CONC(=O)NC(C)c1ccc[nH]1. The van der Waals surface area contributed by atoms with Crippen LogP contribution in [-0.2, 0) is 4.84 Å². The molecule has 13 heavy (non-hydrogen) atoms. The Labute approximate surface area is 76.4 Å². The number of amides is 2. The number of nitrogens with one attached hydrogen (secondary N) is 3. The third-order valence-electron chi connectivity index (χ3n) is 1.63. The van der Waals surface area contributed by atoms with Crippen LogP contribution in [0.5, 0.6) is 0 Å². The minimum Gasteiger partial charge on any atom is -0.363 e. The maximum Gasteiger partial charge on any atom is 0.339 e. The molecule has 72 valence electrons. The molecule has 5 heteroatoms. The van der Waals surface area contributed by atoms with Crippen LogP contribution in [0.15, 0.2) is 18.3 Å². The summed E-state index contributed by atoms with van der Waals surface area (Å²) in [5, 5.41) is 2.68. The highest BCUT2D eigenvalue weighted by molar-refractivity contribution is 5.73. The summed E-state index contributed by atoms with van der Waals surface area (Å²) in [6, 6.07) is 3.36. The van der Waals surface area contributed by atoms with E-state index in [2.05, 4.69) is 20.6 Å². The molecule has 1 atom stereocenters. The zero-order chi connectivity index (χ0) is 9.68. The van der Waals surface area contributed by atoms with E-state index in [1.54, 1.807) is 0 Å². The number of H-pyrrole nitrogens is 1. The highest BCUT2D eigenvalue weighted by Crippen LogP contribution is 2.07. The van der Waals surface area contributed by atoms with Gasteiger partial charge in [-0.25, -0.2) is 10.3 Å². The lowest BCUT2D eigenvalue weighted by Gasteiger charge is -2.11. The highest BCUT2D eigenvalue weighted by Gasteiger charge is 2.08. The first-order chi connectivity index (χ1) is 6.24. The normalized spacial score (nSPS) is 12.2. The summed E-state index contributed by atoms with van der Waals surface area (Å²) in [6.45, 7) is 1.88. The van der Waals surface area contributed by atoms with E-state index in [-0.39, 0.29) is 12.1 Å². The van der Waals surface area contributed by atoms with E-state index in [1.165, 1.54) is 7.11 Å². The predicted octanol–water partition coefficient (Wildman–Crippen LogP) is 0.936. The quantitative estimate of drug-likeness (QED) is 0.610. The molecule has 0 saturated heterocycles. The number of carbonyl (C=O) groups is 1. The third kappa shape index (κ3) is 2.79. The molecule has 1 aromatic heterocycles. The smallest absolute Gasteiger partial charge is 0.339 e. The molecule has 0 saturated carbocycles. The third-order valence-corrected chi connectivity index (χ3v) is 1.63. The first kappa shape index (κ1) is 9.60.